The molecule has 0 atom stereocenters. The van der Waals surface area contributed by atoms with Gasteiger partial charge in [-0.1, -0.05) is 11.6 Å². The van der Waals surface area contributed by atoms with Crippen molar-refractivity contribution in [2.75, 3.05) is 13.2 Å². The molecule has 2 nitrogen and oxygen atoms in total. The Labute approximate surface area is 74.9 Å². The minimum atomic E-state index is 0.280. The molecule has 0 aromatic carbocycles. The molecule has 2 N–H and O–H groups in total. The van der Waals surface area contributed by atoms with Gasteiger partial charge < -0.3 is 10.2 Å². The van der Waals surface area contributed by atoms with E-state index in [1.165, 1.54) is 5.57 Å². The van der Waals surface area contributed by atoms with Crippen molar-refractivity contribution >= 4 is 0 Å². The van der Waals surface area contributed by atoms with E-state index in [-0.39, 0.29) is 6.61 Å². The summed E-state index contributed by atoms with van der Waals surface area (Å²) in [7, 11) is 0. The fourth-order valence-electron chi connectivity index (χ4n) is 1.06. The number of allylic oxidation sites excluding steroid dienone is 2. The summed E-state index contributed by atoms with van der Waals surface area (Å²) in [5.74, 6) is 0. The first kappa shape index (κ1) is 11.7. The maximum Gasteiger partial charge on any atom is 0.0434 e. The van der Waals surface area contributed by atoms with Gasteiger partial charge in [0.25, 0.3) is 0 Å². The molecular weight excluding hydrogens is 152 g/mol. The minimum Gasteiger partial charge on any atom is -0.396 e. The molecule has 0 radical (unpaired) electrons. The minimum absolute atomic E-state index is 0.280. The van der Waals surface area contributed by atoms with Crippen LogP contribution in [-0.2, 0) is 0 Å². The molecule has 0 spiro atoms. The number of rotatable bonds is 7. The van der Waals surface area contributed by atoms with Crippen LogP contribution in [0.1, 0.15) is 39.0 Å². The lowest BCUT2D eigenvalue weighted by atomic mass is 10.1. The molecule has 0 saturated carbocycles. The molecular formula is C10H20O2. The van der Waals surface area contributed by atoms with E-state index in [1.807, 2.05) is 0 Å². The Balaban J connectivity index is 3.28. The van der Waals surface area contributed by atoms with Crippen LogP contribution in [0.2, 0.25) is 0 Å². The highest BCUT2D eigenvalue weighted by Crippen LogP contribution is 2.06. The van der Waals surface area contributed by atoms with E-state index in [0.29, 0.717) is 6.61 Å². The fourth-order valence-corrected chi connectivity index (χ4v) is 1.06. The largest absolute Gasteiger partial charge is 0.396 e. The van der Waals surface area contributed by atoms with E-state index in [4.69, 9.17) is 10.2 Å². The van der Waals surface area contributed by atoms with Gasteiger partial charge in [0.2, 0.25) is 0 Å². The zero-order valence-corrected chi connectivity index (χ0v) is 7.92. The molecule has 0 fully saturated rings. The quantitative estimate of drug-likeness (QED) is 0.454. The number of aliphatic hydroxyl groups excluding tert-OH is 2. The number of aliphatic hydroxyl groups is 2. The Kier molecular flexibility index (Phi) is 8.51. The van der Waals surface area contributed by atoms with Crippen molar-refractivity contribution < 1.29 is 10.2 Å². The number of unbranched alkanes of at least 4 members (excludes halogenated alkanes) is 2. The first-order valence-corrected chi connectivity index (χ1v) is 4.68. The van der Waals surface area contributed by atoms with Gasteiger partial charge in [-0.05, 0) is 39.0 Å². The van der Waals surface area contributed by atoms with Gasteiger partial charge in [-0.3, -0.25) is 0 Å². The Hall–Kier alpha value is -0.340. The third-order valence-electron chi connectivity index (χ3n) is 1.83. The maximum atomic E-state index is 8.56. The first-order valence-electron chi connectivity index (χ1n) is 4.68. The standard InChI is InChI=1S/C10H20O2/c1-10(7-5-9-12)6-3-2-4-8-11/h6,11-12H,2-5,7-9H2,1H3/b10-6+. The summed E-state index contributed by atoms with van der Waals surface area (Å²) < 4.78 is 0. The monoisotopic (exact) mass is 172 g/mol. The van der Waals surface area contributed by atoms with Crippen molar-refractivity contribution in [2.45, 2.75) is 39.0 Å². The van der Waals surface area contributed by atoms with Crippen LogP contribution in [0.4, 0.5) is 0 Å². The van der Waals surface area contributed by atoms with E-state index in [0.717, 1.165) is 32.1 Å². The Bertz CT molecular complexity index is 119. The Morgan fingerprint density at radius 3 is 2.33 bits per heavy atom. The molecule has 0 unspecified atom stereocenters. The highest BCUT2D eigenvalue weighted by Gasteiger charge is 1.89. The molecule has 0 amide bonds. The van der Waals surface area contributed by atoms with Crippen molar-refractivity contribution in [3.05, 3.63) is 11.6 Å². The van der Waals surface area contributed by atoms with Gasteiger partial charge in [-0.2, -0.15) is 0 Å². The van der Waals surface area contributed by atoms with E-state index in [2.05, 4.69) is 13.0 Å². The third kappa shape index (κ3) is 7.76. The van der Waals surface area contributed by atoms with Crippen molar-refractivity contribution in [2.24, 2.45) is 0 Å². The van der Waals surface area contributed by atoms with Crippen molar-refractivity contribution in [1.82, 2.24) is 0 Å². The van der Waals surface area contributed by atoms with Crippen molar-refractivity contribution in [1.29, 1.82) is 0 Å². The molecule has 12 heavy (non-hydrogen) atoms. The molecule has 0 aliphatic rings. The van der Waals surface area contributed by atoms with Crippen LogP contribution in [0.3, 0.4) is 0 Å². The van der Waals surface area contributed by atoms with Crippen LogP contribution in [-0.4, -0.2) is 23.4 Å². The van der Waals surface area contributed by atoms with Gasteiger partial charge in [0.05, 0.1) is 0 Å². The maximum absolute atomic E-state index is 8.56. The molecule has 0 aliphatic carbocycles. The summed E-state index contributed by atoms with van der Waals surface area (Å²) >= 11 is 0. The van der Waals surface area contributed by atoms with Gasteiger partial charge in [0, 0.05) is 13.2 Å². The second-order valence-corrected chi connectivity index (χ2v) is 3.10. The van der Waals surface area contributed by atoms with Crippen LogP contribution >= 0.6 is 0 Å². The summed E-state index contributed by atoms with van der Waals surface area (Å²) in [6.45, 7) is 2.67. The van der Waals surface area contributed by atoms with Crippen LogP contribution in [0, 0.1) is 0 Å². The van der Waals surface area contributed by atoms with Gasteiger partial charge in [0.15, 0.2) is 0 Å². The smallest absolute Gasteiger partial charge is 0.0434 e. The highest BCUT2D eigenvalue weighted by molar-refractivity contribution is 4.97. The zero-order valence-electron chi connectivity index (χ0n) is 7.92. The Morgan fingerprint density at radius 2 is 1.75 bits per heavy atom. The second kappa shape index (κ2) is 8.75. The van der Waals surface area contributed by atoms with Crippen LogP contribution in [0.5, 0.6) is 0 Å². The molecule has 72 valence electrons. The number of hydrogen-bond donors (Lipinski definition) is 2. The lowest BCUT2D eigenvalue weighted by Crippen LogP contribution is -1.85. The lowest BCUT2D eigenvalue weighted by molar-refractivity contribution is 0.285. The van der Waals surface area contributed by atoms with Gasteiger partial charge >= 0.3 is 0 Å². The normalized spacial score (nSPS) is 12.1. The van der Waals surface area contributed by atoms with E-state index in [1.54, 1.807) is 0 Å². The average molecular weight is 172 g/mol. The molecule has 0 heterocycles. The molecule has 0 aromatic rings. The average Bonchev–Trinajstić information content (AvgIpc) is 2.09. The summed E-state index contributed by atoms with van der Waals surface area (Å²) in [6.07, 6.45) is 7.07. The summed E-state index contributed by atoms with van der Waals surface area (Å²) in [6, 6.07) is 0. The summed E-state index contributed by atoms with van der Waals surface area (Å²) in [4.78, 5) is 0. The fraction of sp³-hybridized carbons (Fsp3) is 0.800. The topological polar surface area (TPSA) is 40.5 Å². The van der Waals surface area contributed by atoms with Crippen molar-refractivity contribution in [3.8, 4) is 0 Å². The summed E-state index contributed by atoms with van der Waals surface area (Å²) in [5.41, 5.74) is 1.35. The summed E-state index contributed by atoms with van der Waals surface area (Å²) in [5, 5.41) is 17.1. The first-order chi connectivity index (χ1) is 5.81. The van der Waals surface area contributed by atoms with Crippen molar-refractivity contribution in [3.63, 3.8) is 0 Å². The predicted octanol–water partition coefficient (Wildman–Crippen LogP) is 1.87. The molecule has 0 rings (SSSR count). The third-order valence-corrected chi connectivity index (χ3v) is 1.83. The lowest BCUT2D eigenvalue weighted by Gasteiger charge is -1.98. The van der Waals surface area contributed by atoms with E-state index < -0.39 is 0 Å². The van der Waals surface area contributed by atoms with Gasteiger partial charge in [-0.25, -0.2) is 0 Å². The molecule has 0 aromatic heterocycles. The van der Waals surface area contributed by atoms with Crippen LogP contribution in [0.25, 0.3) is 0 Å². The number of hydrogen-bond acceptors (Lipinski definition) is 2. The van der Waals surface area contributed by atoms with E-state index >= 15 is 0 Å². The second-order valence-electron chi connectivity index (χ2n) is 3.10. The zero-order chi connectivity index (χ0) is 9.23. The Morgan fingerprint density at radius 1 is 1.08 bits per heavy atom. The highest BCUT2D eigenvalue weighted by atomic mass is 16.3. The SMILES string of the molecule is C/C(=C\CCCCO)CCCO. The van der Waals surface area contributed by atoms with Crippen LogP contribution < -0.4 is 0 Å². The molecule has 2 heteroatoms. The van der Waals surface area contributed by atoms with E-state index in [9.17, 15) is 0 Å². The predicted molar refractivity (Wildman–Crippen MR) is 51.0 cm³/mol. The molecule has 0 saturated heterocycles. The van der Waals surface area contributed by atoms with Gasteiger partial charge in [-0.15, -0.1) is 0 Å². The molecule has 0 aliphatic heterocycles. The van der Waals surface area contributed by atoms with Crippen LogP contribution in [0.15, 0.2) is 11.6 Å². The van der Waals surface area contributed by atoms with Gasteiger partial charge in [0.1, 0.15) is 0 Å². The molecule has 0 bridgehead atoms.